The Hall–Kier alpha value is -2.31. The Morgan fingerprint density at radius 1 is 1.38 bits per heavy atom. The van der Waals surface area contributed by atoms with Gasteiger partial charge in [-0.15, -0.1) is 0 Å². The second-order valence-corrected chi connectivity index (χ2v) is 5.19. The van der Waals surface area contributed by atoms with Crippen molar-refractivity contribution >= 4 is 11.7 Å². The van der Waals surface area contributed by atoms with Gasteiger partial charge in [-0.2, -0.15) is 10.2 Å². The van der Waals surface area contributed by atoms with Crippen molar-refractivity contribution < 1.29 is 4.79 Å². The van der Waals surface area contributed by atoms with Crippen LogP contribution in [0.1, 0.15) is 23.9 Å². The van der Waals surface area contributed by atoms with Gasteiger partial charge in [0.05, 0.1) is 11.9 Å². The Kier molecular flexibility index (Phi) is 4.30. The van der Waals surface area contributed by atoms with Crippen LogP contribution in [0.25, 0.3) is 0 Å². The van der Waals surface area contributed by atoms with Crippen molar-refractivity contribution in [2.75, 3.05) is 12.8 Å². The van der Waals surface area contributed by atoms with Crippen LogP contribution in [0.3, 0.4) is 0 Å². The molecule has 0 bridgehead atoms. The summed E-state index contributed by atoms with van der Waals surface area (Å²) in [5, 5.41) is 8.49. The molecule has 0 aliphatic heterocycles. The van der Waals surface area contributed by atoms with Crippen molar-refractivity contribution in [1.29, 1.82) is 0 Å². The number of amides is 1. The molecule has 2 aromatic heterocycles. The summed E-state index contributed by atoms with van der Waals surface area (Å²) in [7, 11) is 1.78. The number of nitrogens with zero attached hydrogens (tertiary/aromatic N) is 5. The Labute approximate surface area is 124 Å². The van der Waals surface area contributed by atoms with Gasteiger partial charge in [0.25, 0.3) is 0 Å². The second kappa shape index (κ2) is 5.99. The molecule has 0 spiro atoms. The van der Waals surface area contributed by atoms with E-state index in [4.69, 9.17) is 5.73 Å². The molecule has 1 amide bonds. The van der Waals surface area contributed by atoms with E-state index in [9.17, 15) is 4.79 Å². The molecule has 2 heterocycles. The summed E-state index contributed by atoms with van der Waals surface area (Å²) in [6.07, 6.45) is 1.81. The van der Waals surface area contributed by atoms with Crippen molar-refractivity contribution in [1.82, 2.24) is 24.5 Å². The van der Waals surface area contributed by atoms with E-state index in [0.717, 1.165) is 23.5 Å². The molecule has 2 aromatic rings. The number of carbonyl (C=O) groups is 1. The van der Waals surface area contributed by atoms with Crippen LogP contribution in [0, 0.1) is 13.8 Å². The molecule has 21 heavy (non-hydrogen) atoms. The fraction of sp³-hybridized carbons (Fsp3) is 0.500. The molecule has 2 rings (SSSR count). The van der Waals surface area contributed by atoms with Crippen molar-refractivity contribution in [2.24, 2.45) is 0 Å². The van der Waals surface area contributed by atoms with Crippen molar-refractivity contribution in [3.63, 3.8) is 0 Å². The van der Waals surface area contributed by atoms with Crippen LogP contribution in [0.15, 0.2) is 12.3 Å². The van der Waals surface area contributed by atoms with Gasteiger partial charge >= 0.3 is 0 Å². The summed E-state index contributed by atoms with van der Waals surface area (Å²) < 4.78 is 3.44. The predicted molar refractivity (Wildman–Crippen MR) is 80.5 cm³/mol. The largest absolute Gasteiger partial charge is 0.384 e. The van der Waals surface area contributed by atoms with E-state index in [-0.39, 0.29) is 12.5 Å². The zero-order valence-electron chi connectivity index (χ0n) is 13.0. The highest BCUT2D eigenvalue weighted by Gasteiger charge is 2.15. The van der Waals surface area contributed by atoms with Gasteiger partial charge in [0.15, 0.2) is 0 Å². The molecule has 0 atom stereocenters. The first-order chi connectivity index (χ1) is 9.92. The number of carbonyl (C=O) groups excluding carboxylic acids is 1. The number of hydrogen-bond acceptors (Lipinski definition) is 4. The lowest BCUT2D eigenvalue weighted by molar-refractivity contribution is -0.131. The summed E-state index contributed by atoms with van der Waals surface area (Å²) in [5.41, 5.74) is 8.76. The maximum absolute atomic E-state index is 12.2. The van der Waals surface area contributed by atoms with Gasteiger partial charge in [0, 0.05) is 37.5 Å². The monoisotopic (exact) mass is 290 g/mol. The Balaban J connectivity index is 2.02. The number of nitrogens with two attached hydrogens (primary N) is 1. The average Bonchev–Trinajstić information content (AvgIpc) is 2.93. The zero-order valence-corrected chi connectivity index (χ0v) is 13.0. The van der Waals surface area contributed by atoms with E-state index in [1.54, 1.807) is 18.0 Å². The lowest BCUT2D eigenvalue weighted by atomic mass is 10.2. The minimum atomic E-state index is -0.0338. The smallest absolute Gasteiger partial charge is 0.244 e. The second-order valence-electron chi connectivity index (χ2n) is 5.19. The van der Waals surface area contributed by atoms with Crippen molar-refractivity contribution in [2.45, 2.75) is 40.4 Å². The fourth-order valence-electron chi connectivity index (χ4n) is 2.24. The van der Waals surface area contributed by atoms with E-state index >= 15 is 0 Å². The van der Waals surface area contributed by atoms with Crippen molar-refractivity contribution in [3.8, 4) is 0 Å². The van der Waals surface area contributed by atoms with Crippen LogP contribution in [0.4, 0.5) is 5.82 Å². The molecule has 114 valence electrons. The van der Waals surface area contributed by atoms with Crippen LogP contribution >= 0.6 is 0 Å². The number of aromatic nitrogens is 4. The summed E-state index contributed by atoms with van der Waals surface area (Å²) in [6, 6.07) is 1.75. The van der Waals surface area contributed by atoms with Gasteiger partial charge in [-0.05, 0) is 20.8 Å². The molecule has 2 N–H and O–H groups in total. The molecule has 7 heteroatoms. The number of likely N-dealkylation sites (N-methyl/N-ethyl adjacent to an activating group) is 1. The molecular formula is C14H22N6O. The third kappa shape index (κ3) is 3.24. The third-order valence-corrected chi connectivity index (χ3v) is 3.56. The number of aryl methyl sites for hydroxylation is 2. The van der Waals surface area contributed by atoms with Crippen LogP contribution < -0.4 is 5.73 Å². The molecule has 0 aliphatic carbocycles. The van der Waals surface area contributed by atoms with Crippen LogP contribution in [0.2, 0.25) is 0 Å². The summed E-state index contributed by atoms with van der Waals surface area (Å²) >= 11 is 0. The maximum atomic E-state index is 12.2. The fourth-order valence-corrected chi connectivity index (χ4v) is 2.24. The van der Waals surface area contributed by atoms with E-state index in [1.807, 2.05) is 31.6 Å². The predicted octanol–water partition coefficient (Wildman–Crippen LogP) is 0.957. The molecule has 7 nitrogen and oxygen atoms in total. The highest BCUT2D eigenvalue weighted by Crippen LogP contribution is 2.11. The lowest BCUT2D eigenvalue weighted by Gasteiger charge is -2.17. The molecule has 0 unspecified atom stereocenters. The molecule has 0 saturated heterocycles. The lowest BCUT2D eigenvalue weighted by Crippen LogP contribution is -2.30. The first kappa shape index (κ1) is 15.1. The van der Waals surface area contributed by atoms with Gasteiger partial charge in [-0.1, -0.05) is 0 Å². The van der Waals surface area contributed by atoms with E-state index in [0.29, 0.717) is 12.4 Å². The van der Waals surface area contributed by atoms with E-state index in [2.05, 4.69) is 10.2 Å². The first-order valence-corrected chi connectivity index (χ1v) is 6.97. The Morgan fingerprint density at radius 3 is 2.62 bits per heavy atom. The summed E-state index contributed by atoms with van der Waals surface area (Å²) in [6.45, 7) is 7.42. The SMILES string of the molecule is CCn1ncc(CN(C)C(=O)Cn2nc(C)cc2N)c1C. The molecule has 0 saturated carbocycles. The zero-order chi connectivity index (χ0) is 15.6. The summed E-state index contributed by atoms with van der Waals surface area (Å²) in [4.78, 5) is 13.9. The third-order valence-electron chi connectivity index (χ3n) is 3.56. The van der Waals surface area contributed by atoms with Gasteiger partial charge in [-0.25, -0.2) is 4.68 Å². The van der Waals surface area contributed by atoms with Crippen LogP contribution in [-0.2, 0) is 24.4 Å². The topological polar surface area (TPSA) is 82.0 Å². The van der Waals surface area contributed by atoms with Gasteiger partial charge in [0.2, 0.25) is 5.91 Å². The summed E-state index contributed by atoms with van der Waals surface area (Å²) in [5.74, 6) is 0.470. The van der Waals surface area contributed by atoms with Gasteiger partial charge < -0.3 is 10.6 Å². The van der Waals surface area contributed by atoms with E-state index in [1.165, 1.54) is 4.68 Å². The Morgan fingerprint density at radius 2 is 2.10 bits per heavy atom. The number of anilines is 1. The standard InChI is InChI=1S/C14H22N6O/c1-5-19-11(3)12(7-16-19)8-18(4)14(21)9-20-13(15)6-10(2)17-20/h6-7H,5,8-9,15H2,1-4H3. The molecule has 0 radical (unpaired) electrons. The number of nitrogen functional groups attached to an aromatic ring is 1. The quantitative estimate of drug-likeness (QED) is 0.889. The van der Waals surface area contributed by atoms with Crippen molar-refractivity contribution in [3.05, 3.63) is 29.2 Å². The molecule has 0 fully saturated rings. The molecule has 0 aliphatic rings. The highest BCUT2D eigenvalue weighted by atomic mass is 16.2. The maximum Gasteiger partial charge on any atom is 0.244 e. The first-order valence-electron chi connectivity index (χ1n) is 6.97. The molecule has 0 aromatic carbocycles. The average molecular weight is 290 g/mol. The minimum absolute atomic E-state index is 0.0338. The molecular weight excluding hydrogens is 268 g/mol. The minimum Gasteiger partial charge on any atom is -0.384 e. The highest BCUT2D eigenvalue weighted by molar-refractivity contribution is 5.76. The van der Waals surface area contributed by atoms with Gasteiger partial charge in [-0.3, -0.25) is 9.48 Å². The van der Waals surface area contributed by atoms with Crippen LogP contribution in [-0.4, -0.2) is 37.4 Å². The normalized spacial score (nSPS) is 10.9. The van der Waals surface area contributed by atoms with Crippen LogP contribution in [0.5, 0.6) is 0 Å². The van der Waals surface area contributed by atoms with E-state index < -0.39 is 0 Å². The Bertz CT molecular complexity index is 642. The van der Waals surface area contributed by atoms with Gasteiger partial charge in [0.1, 0.15) is 12.4 Å². The number of hydrogen-bond donors (Lipinski definition) is 1. The number of rotatable bonds is 5.